The summed E-state index contributed by atoms with van der Waals surface area (Å²) in [6.07, 6.45) is 4.83. The second-order valence-electron chi connectivity index (χ2n) is 5.68. The molecule has 0 unspecified atom stereocenters. The maximum atomic E-state index is 5.38. The monoisotopic (exact) mass is 418 g/mol. The molecular formula is C16H15BrN6OS. The topological polar surface area (TPSA) is 83.9 Å². The number of benzene rings is 1. The van der Waals surface area contributed by atoms with E-state index in [-0.39, 0.29) is 0 Å². The normalized spacial score (nSPS) is 13.5. The first-order chi connectivity index (χ1) is 12.2. The van der Waals surface area contributed by atoms with Gasteiger partial charge in [0, 0.05) is 21.3 Å². The molecule has 1 aromatic carbocycles. The number of methoxy groups -OCH3 is 1. The zero-order valence-corrected chi connectivity index (χ0v) is 15.8. The lowest BCUT2D eigenvalue weighted by Crippen LogP contribution is -1.98. The molecule has 0 saturated heterocycles. The third-order valence-electron chi connectivity index (χ3n) is 4.17. The molecule has 0 fully saturated rings. The van der Waals surface area contributed by atoms with Gasteiger partial charge in [0.15, 0.2) is 0 Å². The first-order valence-electron chi connectivity index (χ1n) is 7.79. The van der Waals surface area contributed by atoms with Gasteiger partial charge in [-0.15, -0.1) is 0 Å². The van der Waals surface area contributed by atoms with Crippen LogP contribution in [0.3, 0.4) is 0 Å². The van der Waals surface area contributed by atoms with Crippen LogP contribution < -0.4 is 4.74 Å². The molecule has 1 aliphatic carbocycles. The molecule has 0 saturated carbocycles. The predicted molar refractivity (Wildman–Crippen MR) is 101 cm³/mol. The fourth-order valence-electron chi connectivity index (χ4n) is 2.98. The summed E-state index contributed by atoms with van der Waals surface area (Å²) >= 11 is 8.79. The van der Waals surface area contributed by atoms with E-state index in [2.05, 4.69) is 41.4 Å². The number of rotatable bonds is 4. The Morgan fingerprint density at radius 1 is 1.32 bits per heavy atom. The summed E-state index contributed by atoms with van der Waals surface area (Å²) in [5, 5.41) is 19.1. The summed E-state index contributed by atoms with van der Waals surface area (Å²) in [6.45, 7) is 0. The number of aryl methyl sites for hydroxylation is 1. The largest absolute Gasteiger partial charge is 0.496 e. The number of hydrogen-bond donors (Lipinski definition) is 2. The number of aromatic amines is 2. The van der Waals surface area contributed by atoms with Crippen LogP contribution in [0.5, 0.6) is 5.75 Å². The SMILES string of the molecule is COc1ccc(Br)cc1/C=N/n1c(-c2n[nH]c3c2CCC3)n[nH]c1=S. The van der Waals surface area contributed by atoms with Gasteiger partial charge in [0.25, 0.3) is 0 Å². The van der Waals surface area contributed by atoms with Gasteiger partial charge in [-0.05, 0) is 49.7 Å². The van der Waals surface area contributed by atoms with E-state index < -0.39 is 0 Å². The molecular weight excluding hydrogens is 404 g/mol. The molecule has 0 amide bonds. The minimum Gasteiger partial charge on any atom is -0.496 e. The summed E-state index contributed by atoms with van der Waals surface area (Å²) in [6, 6.07) is 5.72. The van der Waals surface area contributed by atoms with E-state index >= 15 is 0 Å². The second kappa shape index (κ2) is 6.57. The Morgan fingerprint density at radius 3 is 3.04 bits per heavy atom. The van der Waals surface area contributed by atoms with Crippen LogP contribution in [0.2, 0.25) is 0 Å². The average molecular weight is 419 g/mol. The molecule has 0 aliphatic heterocycles. The number of nitrogens with zero attached hydrogens (tertiary/aromatic N) is 4. The van der Waals surface area contributed by atoms with Gasteiger partial charge in [-0.2, -0.15) is 20.0 Å². The van der Waals surface area contributed by atoms with Gasteiger partial charge >= 0.3 is 0 Å². The highest BCUT2D eigenvalue weighted by Gasteiger charge is 2.23. The van der Waals surface area contributed by atoms with Gasteiger partial charge < -0.3 is 4.74 Å². The minimum atomic E-state index is 0.412. The molecule has 3 aromatic rings. The third kappa shape index (κ3) is 2.93. The zero-order valence-electron chi connectivity index (χ0n) is 13.4. The molecule has 4 rings (SSSR count). The Balaban J connectivity index is 1.76. The maximum Gasteiger partial charge on any atom is 0.216 e. The van der Waals surface area contributed by atoms with Crippen LogP contribution in [0.1, 0.15) is 23.2 Å². The van der Waals surface area contributed by atoms with E-state index in [1.165, 1.54) is 11.3 Å². The Labute approximate surface area is 157 Å². The molecule has 7 nitrogen and oxygen atoms in total. The van der Waals surface area contributed by atoms with Crippen molar-refractivity contribution in [2.24, 2.45) is 5.10 Å². The van der Waals surface area contributed by atoms with Crippen molar-refractivity contribution in [1.29, 1.82) is 0 Å². The molecule has 0 spiro atoms. The lowest BCUT2D eigenvalue weighted by molar-refractivity contribution is 0.414. The van der Waals surface area contributed by atoms with Crippen LogP contribution in [0.4, 0.5) is 0 Å². The number of halogens is 1. The highest BCUT2D eigenvalue weighted by Crippen LogP contribution is 2.29. The lowest BCUT2D eigenvalue weighted by Gasteiger charge is -2.05. The lowest BCUT2D eigenvalue weighted by atomic mass is 10.2. The first kappa shape index (κ1) is 16.2. The van der Waals surface area contributed by atoms with Crippen molar-refractivity contribution in [3.8, 4) is 17.3 Å². The van der Waals surface area contributed by atoms with Crippen LogP contribution in [0.15, 0.2) is 27.8 Å². The van der Waals surface area contributed by atoms with Crippen molar-refractivity contribution >= 4 is 34.4 Å². The second-order valence-corrected chi connectivity index (χ2v) is 6.98. The summed E-state index contributed by atoms with van der Waals surface area (Å²) in [7, 11) is 1.63. The van der Waals surface area contributed by atoms with Crippen molar-refractivity contribution in [3.05, 3.63) is 44.3 Å². The van der Waals surface area contributed by atoms with Crippen LogP contribution in [-0.4, -0.2) is 38.4 Å². The molecule has 2 aromatic heterocycles. The summed E-state index contributed by atoms with van der Waals surface area (Å²) in [4.78, 5) is 0. The summed E-state index contributed by atoms with van der Waals surface area (Å²) in [5.41, 5.74) is 4.01. The van der Waals surface area contributed by atoms with E-state index in [9.17, 15) is 0 Å². The highest BCUT2D eigenvalue weighted by molar-refractivity contribution is 9.10. The fourth-order valence-corrected chi connectivity index (χ4v) is 3.54. The zero-order chi connectivity index (χ0) is 17.4. The molecule has 2 heterocycles. The van der Waals surface area contributed by atoms with Gasteiger partial charge in [0.2, 0.25) is 10.6 Å². The van der Waals surface area contributed by atoms with Gasteiger partial charge in [-0.25, -0.2) is 5.10 Å². The van der Waals surface area contributed by atoms with Gasteiger partial charge in [-0.3, -0.25) is 5.10 Å². The molecule has 25 heavy (non-hydrogen) atoms. The maximum absolute atomic E-state index is 5.38. The number of ether oxygens (including phenoxy) is 1. The molecule has 1 aliphatic rings. The smallest absolute Gasteiger partial charge is 0.216 e. The Kier molecular flexibility index (Phi) is 4.26. The summed E-state index contributed by atoms with van der Waals surface area (Å²) in [5.74, 6) is 1.33. The van der Waals surface area contributed by atoms with Crippen LogP contribution in [0.25, 0.3) is 11.5 Å². The van der Waals surface area contributed by atoms with E-state index in [0.29, 0.717) is 10.6 Å². The Bertz CT molecular complexity index is 1020. The van der Waals surface area contributed by atoms with Crippen molar-refractivity contribution in [2.45, 2.75) is 19.3 Å². The fraction of sp³-hybridized carbons (Fsp3) is 0.250. The van der Waals surface area contributed by atoms with E-state index in [1.807, 2.05) is 18.2 Å². The van der Waals surface area contributed by atoms with Crippen molar-refractivity contribution in [2.75, 3.05) is 7.11 Å². The molecule has 0 atom stereocenters. The van der Waals surface area contributed by atoms with E-state index in [4.69, 9.17) is 17.0 Å². The quantitative estimate of drug-likeness (QED) is 0.501. The van der Waals surface area contributed by atoms with E-state index in [0.717, 1.165) is 40.7 Å². The van der Waals surface area contributed by atoms with Crippen molar-refractivity contribution < 1.29 is 4.74 Å². The number of H-pyrrole nitrogens is 2. The first-order valence-corrected chi connectivity index (χ1v) is 8.99. The molecule has 2 N–H and O–H groups in total. The Morgan fingerprint density at radius 2 is 2.20 bits per heavy atom. The number of aromatic nitrogens is 5. The van der Waals surface area contributed by atoms with Gasteiger partial charge in [0.1, 0.15) is 11.4 Å². The van der Waals surface area contributed by atoms with Gasteiger partial charge in [0.05, 0.1) is 13.3 Å². The highest BCUT2D eigenvalue weighted by atomic mass is 79.9. The molecule has 128 valence electrons. The number of nitrogens with one attached hydrogen (secondary N) is 2. The summed E-state index contributed by atoms with van der Waals surface area (Å²) < 4.78 is 8.32. The average Bonchev–Trinajstić information content (AvgIpc) is 3.29. The third-order valence-corrected chi connectivity index (χ3v) is 4.93. The van der Waals surface area contributed by atoms with Crippen LogP contribution in [-0.2, 0) is 12.8 Å². The van der Waals surface area contributed by atoms with Crippen LogP contribution >= 0.6 is 28.1 Å². The van der Waals surface area contributed by atoms with Gasteiger partial charge in [-0.1, -0.05) is 15.9 Å². The molecule has 9 heteroatoms. The number of fused-ring (bicyclic) bond motifs is 1. The molecule has 0 bridgehead atoms. The van der Waals surface area contributed by atoms with Crippen molar-refractivity contribution in [3.63, 3.8) is 0 Å². The minimum absolute atomic E-state index is 0.412. The Hall–Kier alpha value is -2.26. The molecule has 0 radical (unpaired) electrons. The van der Waals surface area contributed by atoms with E-state index in [1.54, 1.807) is 18.0 Å². The number of hydrogen-bond acceptors (Lipinski definition) is 5. The van der Waals surface area contributed by atoms with Crippen molar-refractivity contribution in [1.82, 2.24) is 25.1 Å². The predicted octanol–water partition coefficient (Wildman–Crippen LogP) is 3.47. The van der Waals surface area contributed by atoms with Crippen LogP contribution in [0, 0.1) is 4.77 Å². The standard InChI is InChI=1S/C16H15BrN6OS/c1-24-13-6-5-10(17)7-9(13)8-18-23-15(21-22-16(23)25)14-11-3-2-4-12(11)19-20-14/h5-8H,2-4H2,1H3,(H,19,20)(H,22,25)/b18-8+.